The van der Waals surface area contributed by atoms with E-state index in [2.05, 4.69) is 5.32 Å². The lowest BCUT2D eigenvalue weighted by atomic mass is 10.2. The molecule has 3 N–H and O–H groups in total. The van der Waals surface area contributed by atoms with E-state index in [1.54, 1.807) is 24.1 Å². The molecule has 1 saturated heterocycles. The van der Waals surface area contributed by atoms with E-state index in [0.717, 1.165) is 12.8 Å². The molecule has 1 aliphatic rings. The van der Waals surface area contributed by atoms with Crippen LogP contribution in [0.3, 0.4) is 0 Å². The van der Waals surface area contributed by atoms with Gasteiger partial charge in [-0.15, -0.1) is 0 Å². The number of amides is 1. The number of nitrogens with one attached hydrogen (secondary N) is 1. The molecule has 0 aliphatic carbocycles. The smallest absolute Gasteiger partial charge is 0.242 e. The van der Waals surface area contributed by atoms with Gasteiger partial charge in [-0.25, -0.2) is 4.39 Å². The number of halogens is 1. The van der Waals surface area contributed by atoms with Gasteiger partial charge in [-0.2, -0.15) is 0 Å². The molecule has 1 aromatic rings. The van der Waals surface area contributed by atoms with E-state index >= 15 is 0 Å². The monoisotopic (exact) mass is 237 g/mol. The summed E-state index contributed by atoms with van der Waals surface area (Å²) >= 11 is 0. The molecule has 4 nitrogen and oxygen atoms in total. The van der Waals surface area contributed by atoms with Gasteiger partial charge in [0.25, 0.3) is 0 Å². The van der Waals surface area contributed by atoms with E-state index in [1.807, 2.05) is 0 Å². The quantitative estimate of drug-likeness (QED) is 0.758. The first-order valence-electron chi connectivity index (χ1n) is 5.66. The van der Waals surface area contributed by atoms with E-state index in [4.69, 9.17) is 5.73 Å². The third-order valence-corrected chi connectivity index (χ3v) is 3.08. The second kappa shape index (κ2) is 4.61. The van der Waals surface area contributed by atoms with Crippen molar-refractivity contribution in [3.05, 3.63) is 24.0 Å². The van der Waals surface area contributed by atoms with Crippen LogP contribution < -0.4 is 16.0 Å². The molecule has 0 bridgehead atoms. The largest absolute Gasteiger partial charge is 0.399 e. The second-order valence-electron chi connectivity index (χ2n) is 4.18. The summed E-state index contributed by atoms with van der Waals surface area (Å²) in [5.41, 5.74) is 6.35. The Kier molecular flexibility index (Phi) is 3.17. The van der Waals surface area contributed by atoms with Gasteiger partial charge in [0, 0.05) is 19.3 Å². The van der Waals surface area contributed by atoms with E-state index < -0.39 is 0 Å². The third kappa shape index (κ3) is 2.18. The van der Waals surface area contributed by atoms with Crippen LogP contribution >= 0.6 is 0 Å². The Labute approximate surface area is 99.6 Å². The Morgan fingerprint density at radius 3 is 3.00 bits per heavy atom. The number of likely N-dealkylation sites (N-methyl/N-ethyl adjacent to an activating group) is 1. The van der Waals surface area contributed by atoms with Crippen LogP contribution in [0, 0.1) is 5.82 Å². The van der Waals surface area contributed by atoms with Crippen LogP contribution in [0.2, 0.25) is 0 Å². The lowest BCUT2D eigenvalue weighted by Crippen LogP contribution is -2.42. The van der Waals surface area contributed by atoms with Crippen LogP contribution in [-0.2, 0) is 4.79 Å². The summed E-state index contributed by atoms with van der Waals surface area (Å²) < 4.78 is 13.8. The van der Waals surface area contributed by atoms with Crippen molar-refractivity contribution in [1.82, 2.24) is 5.32 Å². The molecule has 1 aliphatic heterocycles. The van der Waals surface area contributed by atoms with E-state index in [0.29, 0.717) is 17.9 Å². The zero-order valence-corrected chi connectivity index (χ0v) is 9.74. The Hall–Kier alpha value is -1.78. The first-order valence-corrected chi connectivity index (χ1v) is 5.66. The van der Waals surface area contributed by atoms with Crippen molar-refractivity contribution in [3.8, 4) is 0 Å². The highest BCUT2D eigenvalue weighted by Crippen LogP contribution is 2.29. The molecular weight excluding hydrogens is 221 g/mol. The van der Waals surface area contributed by atoms with Gasteiger partial charge < -0.3 is 16.0 Å². The average molecular weight is 237 g/mol. The third-order valence-electron chi connectivity index (χ3n) is 3.08. The fourth-order valence-corrected chi connectivity index (χ4v) is 2.25. The van der Waals surface area contributed by atoms with Crippen molar-refractivity contribution < 1.29 is 9.18 Å². The van der Waals surface area contributed by atoms with E-state index in [1.165, 1.54) is 6.07 Å². The molecule has 2 rings (SSSR count). The molecule has 92 valence electrons. The van der Waals surface area contributed by atoms with Crippen molar-refractivity contribution >= 4 is 17.3 Å². The molecule has 0 radical (unpaired) electrons. The summed E-state index contributed by atoms with van der Waals surface area (Å²) in [5.74, 6) is -0.445. The predicted molar refractivity (Wildman–Crippen MR) is 65.2 cm³/mol. The number of rotatable bonds is 2. The molecule has 1 amide bonds. The summed E-state index contributed by atoms with van der Waals surface area (Å²) in [6, 6.07) is 4.29. The number of carbonyl (C=O) groups excluding carboxylic acids is 1. The minimum absolute atomic E-state index is 0.0706. The van der Waals surface area contributed by atoms with Crippen molar-refractivity contribution in [3.63, 3.8) is 0 Å². The second-order valence-corrected chi connectivity index (χ2v) is 4.18. The number of hydrogen-bond acceptors (Lipinski definition) is 3. The van der Waals surface area contributed by atoms with Crippen molar-refractivity contribution in [2.75, 3.05) is 24.2 Å². The van der Waals surface area contributed by atoms with Gasteiger partial charge in [-0.1, -0.05) is 0 Å². The Balaban J connectivity index is 2.29. The molecule has 1 fully saturated rings. The van der Waals surface area contributed by atoms with Crippen LogP contribution in [0.15, 0.2) is 18.2 Å². The molecule has 1 atom stereocenters. The number of anilines is 2. The van der Waals surface area contributed by atoms with Crippen LogP contribution in [0.5, 0.6) is 0 Å². The first-order chi connectivity index (χ1) is 8.13. The van der Waals surface area contributed by atoms with Crippen LogP contribution in [0.1, 0.15) is 12.8 Å². The van der Waals surface area contributed by atoms with Gasteiger partial charge in [0.15, 0.2) is 0 Å². The zero-order valence-electron chi connectivity index (χ0n) is 9.74. The molecule has 17 heavy (non-hydrogen) atoms. The molecule has 0 aromatic heterocycles. The summed E-state index contributed by atoms with van der Waals surface area (Å²) in [5, 5.41) is 2.61. The highest BCUT2D eigenvalue weighted by molar-refractivity contribution is 5.85. The number of hydrogen-bond donors (Lipinski definition) is 2. The minimum atomic E-state index is -0.374. The van der Waals surface area contributed by atoms with Crippen molar-refractivity contribution in [1.29, 1.82) is 0 Å². The maximum Gasteiger partial charge on any atom is 0.242 e. The number of nitrogen functional groups attached to an aromatic ring is 1. The van der Waals surface area contributed by atoms with Crippen LogP contribution in [0.4, 0.5) is 15.8 Å². The molecule has 0 saturated carbocycles. The maximum absolute atomic E-state index is 13.8. The fraction of sp³-hybridized carbons (Fsp3) is 0.417. The lowest BCUT2D eigenvalue weighted by Gasteiger charge is -2.25. The maximum atomic E-state index is 13.8. The SMILES string of the molecule is CNC(=O)C1CCCN1c1ccc(N)cc1F. The van der Waals surface area contributed by atoms with Crippen molar-refractivity contribution in [2.24, 2.45) is 0 Å². The standard InChI is InChI=1S/C12H16FN3O/c1-15-12(17)11-3-2-6-16(11)10-5-4-8(14)7-9(10)13/h4-5,7,11H,2-3,6,14H2,1H3,(H,15,17). The molecule has 1 unspecified atom stereocenters. The van der Waals surface area contributed by atoms with Gasteiger partial charge in [-0.05, 0) is 31.0 Å². The number of benzene rings is 1. The van der Waals surface area contributed by atoms with Gasteiger partial charge in [0.2, 0.25) is 5.91 Å². The molecule has 1 aromatic carbocycles. The van der Waals surface area contributed by atoms with Crippen molar-refractivity contribution in [2.45, 2.75) is 18.9 Å². The van der Waals surface area contributed by atoms with E-state index in [9.17, 15) is 9.18 Å². The average Bonchev–Trinajstić information content (AvgIpc) is 2.77. The highest BCUT2D eigenvalue weighted by Gasteiger charge is 2.31. The van der Waals surface area contributed by atoms with Crippen LogP contribution in [-0.4, -0.2) is 25.5 Å². The van der Waals surface area contributed by atoms with E-state index in [-0.39, 0.29) is 17.8 Å². The summed E-state index contributed by atoms with van der Waals surface area (Å²) in [6.07, 6.45) is 1.64. The number of carbonyl (C=O) groups is 1. The topological polar surface area (TPSA) is 58.4 Å². The number of nitrogens with zero attached hydrogens (tertiary/aromatic N) is 1. The Morgan fingerprint density at radius 2 is 2.35 bits per heavy atom. The summed E-state index contributed by atoms with van der Waals surface area (Å²) in [7, 11) is 1.60. The summed E-state index contributed by atoms with van der Waals surface area (Å²) in [4.78, 5) is 13.5. The zero-order chi connectivity index (χ0) is 12.4. The first kappa shape index (κ1) is 11.7. The predicted octanol–water partition coefficient (Wildman–Crippen LogP) is 1.12. The van der Waals surface area contributed by atoms with Gasteiger partial charge in [0.1, 0.15) is 11.9 Å². The van der Waals surface area contributed by atoms with Gasteiger partial charge in [0.05, 0.1) is 5.69 Å². The van der Waals surface area contributed by atoms with Gasteiger partial charge >= 0.3 is 0 Å². The number of nitrogens with two attached hydrogens (primary N) is 1. The van der Waals surface area contributed by atoms with Crippen LogP contribution in [0.25, 0.3) is 0 Å². The molecule has 0 spiro atoms. The van der Waals surface area contributed by atoms with Gasteiger partial charge in [-0.3, -0.25) is 4.79 Å². The fourth-order valence-electron chi connectivity index (χ4n) is 2.25. The Morgan fingerprint density at radius 1 is 1.59 bits per heavy atom. The molecule has 5 heteroatoms. The minimum Gasteiger partial charge on any atom is -0.399 e. The molecule has 1 heterocycles. The highest BCUT2D eigenvalue weighted by atomic mass is 19.1. The molecular formula is C12H16FN3O. The lowest BCUT2D eigenvalue weighted by molar-refractivity contribution is -0.121. The summed E-state index contributed by atoms with van der Waals surface area (Å²) in [6.45, 7) is 0.693. The Bertz CT molecular complexity index is 436. The normalized spacial score (nSPS) is 19.4.